The van der Waals surface area contributed by atoms with Crippen molar-refractivity contribution in [1.82, 2.24) is 0 Å². The third-order valence-electron chi connectivity index (χ3n) is 1.05. The molecule has 0 amide bonds. The molecule has 0 saturated carbocycles. The minimum Gasteiger partial charge on any atom is -0.907 e. The summed E-state index contributed by atoms with van der Waals surface area (Å²) in [6.45, 7) is 0. The molecule has 0 unspecified atom stereocenters. The fourth-order valence-corrected chi connectivity index (χ4v) is 0.530. The average molecular weight is 657 g/mol. The molecule has 0 fully saturated rings. The van der Waals surface area contributed by atoms with Gasteiger partial charge in [-0.15, -0.1) is 0 Å². The average Bonchev–Trinajstić information content (AvgIpc) is 2.38. The Bertz CT molecular complexity index is 410. The number of phenols is 2. The van der Waals surface area contributed by atoms with Gasteiger partial charge in [-0.2, -0.15) is 4.39 Å². The molecule has 38 heavy (non-hydrogen) atoms. The van der Waals surface area contributed by atoms with Gasteiger partial charge in [-0.3, -0.25) is 29.3 Å². The Morgan fingerprint density at radius 2 is 0.579 bits per heavy atom. The maximum atomic E-state index is 12.2. The summed E-state index contributed by atoms with van der Waals surface area (Å²) < 4.78 is 24.3. The molecule has 0 radical (unpaired) electrons. The predicted octanol–water partition coefficient (Wildman–Crippen LogP) is -50.4. The van der Waals surface area contributed by atoms with Crippen LogP contribution in [0, 0.1) is 11.6 Å². The molecule has 0 spiro atoms. The fraction of sp³-hybridized carbons (Fsp3) is 0. The van der Waals surface area contributed by atoms with Gasteiger partial charge in [0.05, 0.1) is 0 Å². The van der Waals surface area contributed by atoms with Gasteiger partial charge in [0.1, 0.15) is 0 Å². The number of hydrogen-bond donors (Lipinski definition) is 2. The number of phenolic OH excluding ortho intramolecular Hbond substituents is 2. The van der Waals surface area contributed by atoms with Crippen LogP contribution in [0.1, 0.15) is 0 Å². The first kappa shape index (κ1) is 104. The van der Waals surface area contributed by atoms with Crippen LogP contribution in [0.15, 0.2) is 12.1 Å². The molecular formula is C6H4B4F2Na12O14. The van der Waals surface area contributed by atoms with Crippen molar-refractivity contribution in [3.63, 3.8) is 0 Å². The van der Waals surface area contributed by atoms with Crippen LogP contribution in [0.25, 0.3) is 0 Å². The van der Waals surface area contributed by atoms with E-state index < -0.39 is 52.4 Å². The van der Waals surface area contributed by atoms with Gasteiger partial charge in [-0.25, -0.2) is 4.39 Å². The molecular weight excluding hydrogens is 653 g/mol. The number of halogens is 2. The summed E-state index contributed by atoms with van der Waals surface area (Å²) in [5.74, 6) is -4.34. The Balaban J connectivity index is -0.0000000112. The van der Waals surface area contributed by atoms with Crippen molar-refractivity contribution in [3.8, 4) is 11.5 Å². The Morgan fingerprint density at radius 1 is 0.421 bits per heavy atom. The Labute approximate surface area is 486 Å². The molecule has 0 atom stereocenters. The maximum absolute atomic E-state index is 12.2. The quantitative estimate of drug-likeness (QED) is 0.193. The first-order valence-electron chi connectivity index (χ1n) is 5.31. The molecule has 1 rings (SSSR count). The second-order valence-electron chi connectivity index (χ2n) is 2.88. The zero-order chi connectivity index (χ0) is 22.0. The predicted molar refractivity (Wildman–Crippen MR) is 52.7 cm³/mol. The molecule has 2 N–H and O–H groups in total. The minimum absolute atomic E-state index is 0. The van der Waals surface area contributed by atoms with Crippen molar-refractivity contribution in [2.24, 2.45) is 0 Å². The molecule has 32 heteroatoms. The molecule has 0 saturated heterocycles. The monoisotopic (exact) mass is 658 g/mol. The first-order valence-corrected chi connectivity index (χ1v) is 5.31. The summed E-state index contributed by atoms with van der Waals surface area (Å²) in [4.78, 5) is 0. The number of hydrogen-bond acceptors (Lipinski definition) is 14. The largest absolute Gasteiger partial charge is 1.00 e. The molecule has 0 heterocycles. The van der Waals surface area contributed by atoms with Crippen molar-refractivity contribution in [2.45, 2.75) is 0 Å². The Morgan fingerprint density at radius 3 is 0.711 bits per heavy atom. The van der Waals surface area contributed by atoms with E-state index in [-0.39, 0.29) is 355 Å². The van der Waals surface area contributed by atoms with Gasteiger partial charge < -0.3 is 70.5 Å². The van der Waals surface area contributed by atoms with Crippen molar-refractivity contribution in [1.29, 1.82) is 0 Å². The molecule has 0 aliphatic carbocycles. The molecule has 150 valence electrons. The van der Waals surface area contributed by atoms with Crippen molar-refractivity contribution >= 4 is 29.3 Å². The Kier molecular flexibility index (Phi) is 210. The molecule has 1 aromatic rings. The van der Waals surface area contributed by atoms with Crippen LogP contribution in [0.4, 0.5) is 8.78 Å². The van der Waals surface area contributed by atoms with Crippen LogP contribution in [-0.2, 0) is 0 Å². The summed E-state index contributed by atoms with van der Waals surface area (Å²) in [6.07, 6.45) is 0. The summed E-state index contributed by atoms with van der Waals surface area (Å²) in [6, 6.07) is 1.60. The van der Waals surface area contributed by atoms with Gasteiger partial charge in [-0.05, 0) is 12.1 Å². The Hall–Kier alpha value is 10.5. The van der Waals surface area contributed by atoms with E-state index in [1.54, 1.807) is 0 Å². The number of aromatic hydroxyl groups is 2. The van der Waals surface area contributed by atoms with Gasteiger partial charge in [-0.1, -0.05) is 0 Å². The van der Waals surface area contributed by atoms with E-state index in [0.717, 1.165) is 12.1 Å². The molecule has 0 bridgehead atoms. The van der Waals surface area contributed by atoms with Gasteiger partial charge in [0, 0.05) is 0 Å². The van der Waals surface area contributed by atoms with Gasteiger partial charge in [0.15, 0.2) is 17.3 Å². The van der Waals surface area contributed by atoms with Crippen molar-refractivity contribution in [2.75, 3.05) is 0 Å². The van der Waals surface area contributed by atoms with E-state index in [0.29, 0.717) is 0 Å². The standard InChI is InChI=1S/C6H4F2O2.4BO3.12Na/c7-3-1-2-4(9)6(10)5(3)8;4*2-1(3)4;;;;;;;;;;;;/h1-2,9-10H;;;;;;;;;;;;;;;;/q;4*-3;12*+1. The van der Waals surface area contributed by atoms with E-state index in [1.165, 1.54) is 0 Å². The molecule has 0 aromatic heterocycles. The number of benzene rings is 1. The minimum atomic E-state index is -2.92. The van der Waals surface area contributed by atoms with E-state index in [4.69, 9.17) is 70.5 Å². The van der Waals surface area contributed by atoms with E-state index >= 15 is 0 Å². The third-order valence-corrected chi connectivity index (χ3v) is 1.05. The summed E-state index contributed by atoms with van der Waals surface area (Å²) >= 11 is 0. The van der Waals surface area contributed by atoms with Crippen molar-refractivity contribution < 1.29 is 434 Å². The fourth-order valence-electron chi connectivity index (χ4n) is 0.530. The topological polar surface area (TPSA) is 317 Å². The zero-order valence-electron chi connectivity index (χ0n) is 24.0. The summed E-state index contributed by atoms with van der Waals surface area (Å²) in [5, 5.41) is 118. The summed E-state index contributed by atoms with van der Waals surface area (Å²) in [7, 11) is -11.7. The van der Waals surface area contributed by atoms with Gasteiger partial charge in [0.2, 0.25) is 5.82 Å². The molecule has 0 aliphatic heterocycles. The van der Waals surface area contributed by atoms with Crippen LogP contribution in [-0.4, -0.2) is 39.5 Å². The van der Waals surface area contributed by atoms with Gasteiger partial charge in [0.25, 0.3) is 0 Å². The SMILES string of the molecule is Oc1ccc(F)c(F)c1O.[Na+].[Na+].[Na+].[Na+].[Na+].[Na+].[Na+].[Na+].[Na+].[Na+].[Na+].[Na+].[O-]B([O-])[O-].[O-]B([O-])[O-].[O-]B([O-])[O-].[O-]B([O-])[O-]. The van der Waals surface area contributed by atoms with Crippen LogP contribution in [0.2, 0.25) is 0 Å². The molecule has 1 aromatic carbocycles. The van der Waals surface area contributed by atoms with Crippen LogP contribution >= 0.6 is 0 Å². The first-order chi connectivity index (χ1) is 11.6. The van der Waals surface area contributed by atoms with E-state index in [1.807, 2.05) is 0 Å². The second-order valence-corrected chi connectivity index (χ2v) is 2.88. The second kappa shape index (κ2) is 77.1. The van der Waals surface area contributed by atoms with E-state index in [2.05, 4.69) is 0 Å². The van der Waals surface area contributed by atoms with Crippen LogP contribution in [0.3, 0.4) is 0 Å². The smallest absolute Gasteiger partial charge is 0.907 e. The number of rotatable bonds is 0. The normalized spacial score (nSPS) is 5.42. The maximum Gasteiger partial charge on any atom is 1.00 e. The zero-order valence-corrected chi connectivity index (χ0v) is 48.0. The summed E-state index contributed by atoms with van der Waals surface area (Å²) in [5.41, 5.74) is 0. The van der Waals surface area contributed by atoms with Crippen molar-refractivity contribution in [3.05, 3.63) is 23.8 Å². The molecule has 14 nitrogen and oxygen atoms in total. The van der Waals surface area contributed by atoms with E-state index in [9.17, 15) is 8.78 Å². The molecule has 0 aliphatic rings. The van der Waals surface area contributed by atoms with Gasteiger partial charge >= 0.3 is 355 Å². The third kappa shape index (κ3) is 127. The van der Waals surface area contributed by atoms with Crippen LogP contribution in [0.5, 0.6) is 11.5 Å². The van der Waals surface area contributed by atoms with Crippen LogP contribution < -0.4 is 415 Å².